The van der Waals surface area contributed by atoms with Gasteiger partial charge in [-0.3, -0.25) is 4.98 Å². The molecule has 1 aromatic heterocycles. The number of benzene rings is 1. The van der Waals surface area contributed by atoms with Crippen molar-refractivity contribution in [3.63, 3.8) is 0 Å². The molecule has 5 nitrogen and oxygen atoms in total. The Labute approximate surface area is 116 Å². The van der Waals surface area contributed by atoms with Gasteiger partial charge in [-0.15, -0.1) is 0 Å². The highest BCUT2D eigenvalue weighted by Crippen LogP contribution is 2.19. The highest BCUT2D eigenvalue weighted by molar-refractivity contribution is 6.05. The lowest BCUT2D eigenvalue weighted by molar-refractivity contribution is 0.0515. The van der Waals surface area contributed by atoms with Crippen LogP contribution in [0.2, 0.25) is 0 Å². The molecule has 0 aliphatic rings. The average molecular weight is 273 g/mol. The molecule has 0 atom stereocenters. The van der Waals surface area contributed by atoms with Crippen molar-refractivity contribution in [2.24, 2.45) is 0 Å². The van der Waals surface area contributed by atoms with Crippen LogP contribution < -0.4 is 0 Å². The maximum Gasteiger partial charge on any atom is 0.339 e. The average Bonchev–Trinajstić information content (AvgIpc) is 2.46. The van der Waals surface area contributed by atoms with Gasteiger partial charge in [-0.05, 0) is 32.0 Å². The number of nitrogens with zero attached hydrogens (tertiary/aromatic N) is 1. The zero-order valence-electron chi connectivity index (χ0n) is 11.4. The summed E-state index contributed by atoms with van der Waals surface area (Å²) in [5.74, 6) is -0.888. The number of hydrogen-bond donors (Lipinski definition) is 0. The SMILES string of the molecule is CCOC(=O)c1cnc2cccc(C(=O)OCC)c2c1. The summed E-state index contributed by atoms with van der Waals surface area (Å²) in [4.78, 5) is 27.8. The van der Waals surface area contributed by atoms with Crippen LogP contribution in [0.3, 0.4) is 0 Å². The van der Waals surface area contributed by atoms with Crippen molar-refractivity contribution in [1.29, 1.82) is 0 Å². The van der Waals surface area contributed by atoms with E-state index >= 15 is 0 Å². The fourth-order valence-electron chi connectivity index (χ4n) is 1.86. The highest BCUT2D eigenvalue weighted by atomic mass is 16.5. The number of rotatable bonds is 4. The van der Waals surface area contributed by atoms with E-state index in [1.54, 1.807) is 38.1 Å². The smallest absolute Gasteiger partial charge is 0.339 e. The van der Waals surface area contributed by atoms with Gasteiger partial charge in [0.15, 0.2) is 0 Å². The minimum atomic E-state index is -0.458. The van der Waals surface area contributed by atoms with E-state index in [4.69, 9.17) is 9.47 Å². The highest BCUT2D eigenvalue weighted by Gasteiger charge is 2.14. The zero-order chi connectivity index (χ0) is 14.5. The Bertz CT molecular complexity index is 651. The first kappa shape index (κ1) is 14.0. The van der Waals surface area contributed by atoms with Crippen molar-refractivity contribution >= 4 is 22.8 Å². The summed E-state index contributed by atoms with van der Waals surface area (Å²) in [6.07, 6.45) is 1.44. The standard InChI is InChI=1S/C15H15NO4/c1-3-19-14(17)10-8-12-11(15(18)20-4-2)6-5-7-13(12)16-9-10/h5-9H,3-4H2,1-2H3. The summed E-state index contributed by atoms with van der Waals surface area (Å²) in [6, 6.07) is 6.75. The van der Waals surface area contributed by atoms with Gasteiger partial charge < -0.3 is 9.47 Å². The Balaban J connectivity index is 2.51. The molecular weight excluding hydrogens is 258 g/mol. The lowest BCUT2D eigenvalue weighted by Gasteiger charge is -2.07. The number of aromatic nitrogens is 1. The summed E-state index contributed by atoms with van der Waals surface area (Å²) < 4.78 is 9.93. The largest absolute Gasteiger partial charge is 0.462 e. The summed E-state index contributed by atoms with van der Waals surface area (Å²) in [6.45, 7) is 4.05. The van der Waals surface area contributed by atoms with Crippen LogP contribution in [0.25, 0.3) is 10.9 Å². The van der Waals surface area contributed by atoms with Crippen LogP contribution in [0, 0.1) is 0 Å². The molecule has 0 spiro atoms. The second-order valence-corrected chi connectivity index (χ2v) is 4.04. The van der Waals surface area contributed by atoms with Gasteiger partial charge in [0.05, 0.1) is 29.9 Å². The van der Waals surface area contributed by atoms with E-state index in [0.29, 0.717) is 28.6 Å². The van der Waals surface area contributed by atoms with Crippen molar-refractivity contribution in [2.75, 3.05) is 13.2 Å². The van der Waals surface area contributed by atoms with Crippen molar-refractivity contribution in [3.05, 3.63) is 41.6 Å². The molecule has 0 unspecified atom stereocenters. The minimum Gasteiger partial charge on any atom is -0.462 e. The van der Waals surface area contributed by atoms with Crippen molar-refractivity contribution in [1.82, 2.24) is 4.98 Å². The Morgan fingerprint density at radius 3 is 2.50 bits per heavy atom. The van der Waals surface area contributed by atoms with E-state index in [1.165, 1.54) is 6.20 Å². The van der Waals surface area contributed by atoms with Gasteiger partial charge in [-0.1, -0.05) is 6.07 Å². The quantitative estimate of drug-likeness (QED) is 0.801. The van der Waals surface area contributed by atoms with Crippen LogP contribution in [0.1, 0.15) is 34.6 Å². The number of fused-ring (bicyclic) bond motifs is 1. The van der Waals surface area contributed by atoms with Crippen LogP contribution in [-0.4, -0.2) is 30.1 Å². The fraction of sp³-hybridized carbons (Fsp3) is 0.267. The first-order valence-electron chi connectivity index (χ1n) is 6.40. The molecule has 20 heavy (non-hydrogen) atoms. The maximum absolute atomic E-state index is 11.9. The van der Waals surface area contributed by atoms with E-state index in [0.717, 1.165) is 0 Å². The third-order valence-corrected chi connectivity index (χ3v) is 2.73. The second kappa shape index (κ2) is 6.14. The van der Waals surface area contributed by atoms with Gasteiger partial charge in [-0.2, -0.15) is 0 Å². The number of hydrogen-bond acceptors (Lipinski definition) is 5. The van der Waals surface area contributed by atoms with Crippen LogP contribution >= 0.6 is 0 Å². The van der Waals surface area contributed by atoms with E-state index in [-0.39, 0.29) is 6.61 Å². The lowest BCUT2D eigenvalue weighted by atomic mass is 10.1. The molecule has 0 fully saturated rings. The summed E-state index contributed by atoms with van der Waals surface area (Å²) in [7, 11) is 0. The molecule has 0 N–H and O–H groups in total. The van der Waals surface area contributed by atoms with Crippen molar-refractivity contribution in [3.8, 4) is 0 Å². The molecule has 0 aliphatic heterocycles. The van der Waals surface area contributed by atoms with Crippen LogP contribution in [0.15, 0.2) is 30.5 Å². The first-order chi connectivity index (χ1) is 9.67. The number of pyridine rings is 1. The van der Waals surface area contributed by atoms with Gasteiger partial charge in [0.1, 0.15) is 0 Å². The molecule has 2 rings (SSSR count). The predicted molar refractivity (Wildman–Crippen MR) is 73.7 cm³/mol. The Morgan fingerprint density at radius 2 is 1.80 bits per heavy atom. The normalized spacial score (nSPS) is 10.3. The molecule has 2 aromatic rings. The maximum atomic E-state index is 11.9. The van der Waals surface area contributed by atoms with E-state index in [2.05, 4.69) is 4.98 Å². The number of ether oxygens (including phenoxy) is 2. The molecular formula is C15H15NO4. The van der Waals surface area contributed by atoms with Crippen LogP contribution in [0.4, 0.5) is 0 Å². The molecule has 0 aliphatic carbocycles. The molecule has 1 aromatic carbocycles. The van der Waals surface area contributed by atoms with Crippen LogP contribution in [-0.2, 0) is 9.47 Å². The second-order valence-electron chi connectivity index (χ2n) is 4.04. The minimum absolute atomic E-state index is 0.288. The first-order valence-corrected chi connectivity index (χ1v) is 6.40. The fourth-order valence-corrected chi connectivity index (χ4v) is 1.86. The molecule has 5 heteroatoms. The van der Waals surface area contributed by atoms with Gasteiger partial charge in [-0.25, -0.2) is 9.59 Å². The molecule has 0 saturated carbocycles. The summed E-state index contributed by atoms with van der Waals surface area (Å²) in [5, 5.41) is 0.580. The Kier molecular flexibility index (Phi) is 4.30. The van der Waals surface area contributed by atoms with E-state index < -0.39 is 11.9 Å². The molecule has 0 bridgehead atoms. The van der Waals surface area contributed by atoms with Gasteiger partial charge in [0.2, 0.25) is 0 Å². The van der Waals surface area contributed by atoms with Gasteiger partial charge in [0, 0.05) is 11.6 Å². The molecule has 0 radical (unpaired) electrons. The lowest BCUT2D eigenvalue weighted by Crippen LogP contribution is -2.08. The molecule has 1 heterocycles. The third kappa shape index (κ3) is 2.77. The van der Waals surface area contributed by atoms with Gasteiger partial charge >= 0.3 is 11.9 Å². The third-order valence-electron chi connectivity index (χ3n) is 2.73. The monoisotopic (exact) mass is 273 g/mol. The van der Waals surface area contributed by atoms with E-state index in [9.17, 15) is 9.59 Å². The molecule has 104 valence electrons. The molecule has 0 saturated heterocycles. The summed E-state index contributed by atoms with van der Waals surface area (Å²) in [5.41, 5.74) is 1.34. The summed E-state index contributed by atoms with van der Waals surface area (Å²) >= 11 is 0. The number of esters is 2. The topological polar surface area (TPSA) is 65.5 Å². The van der Waals surface area contributed by atoms with Crippen molar-refractivity contribution in [2.45, 2.75) is 13.8 Å². The Hall–Kier alpha value is -2.43. The number of carbonyl (C=O) groups is 2. The Morgan fingerprint density at radius 1 is 1.10 bits per heavy atom. The number of carbonyl (C=O) groups excluding carboxylic acids is 2. The van der Waals surface area contributed by atoms with E-state index in [1.807, 2.05) is 0 Å². The molecule has 0 amide bonds. The zero-order valence-corrected chi connectivity index (χ0v) is 11.4. The van der Waals surface area contributed by atoms with Crippen LogP contribution in [0.5, 0.6) is 0 Å². The predicted octanol–water partition coefficient (Wildman–Crippen LogP) is 2.59. The van der Waals surface area contributed by atoms with Gasteiger partial charge in [0.25, 0.3) is 0 Å². The van der Waals surface area contributed by atoms with Crippen molar-refractivity contribution < 1.29 is 19.1 Å².